The van der Waals surface area contributed by atoms with Gasteiger partial charge in [0.2, 0.25) is 5.91 Å². The van der Waals surface area contributed by atoms with Crippen molar-refractivity contribution in [1.82, 2.24) is 14.5 Å². The molecule has 1 amide bonds. The van der Waals surface area contributed by atoms with E-state index in [1.165, 1.54) is 9.13 Å². The monoisotopic (exact) mass is 329 g/mol. The Bertz CT molecular complexity index is 868. The summed E-state index contributed by atoms with van der Waals surface area (Å²) in [6.45, 7) is 0.104. The number of hydrogen-bond donors (Lipinski definition) is 1. The minimum atomic E-state index is -1.08. The highest BCUT2D eigenvalue weighted by molar-refractivity contribution is 5.84. The second-order valence-electron chi connectivity index (χ2n) is 6.17. The van der Waals surface area contributed by atoms with Gasteiger partial charge < -0.3 is 14.9 Å². The number of aromatic nitrogens is 2. The van der Waals surface area contributed by atoms with E-state index in [4.69, 9.17) is 0 Å². The molecule has 2 aromatic rings. The van der Waals surface area contributed by atoms with Crippen molar-refractivity contribution in [2.75, 3.05) is 6.54 Å². The van der Waals surface area contributed by atoms with Gasteiger partial charge in [0.25, 0.3) is 0 Å². The molecule has 1 N–H and O–H groups in total. The number of imidazole rings is 1. The van der Waals surface area contributed by atoms with Crippen LogP contribution in [0, 0.1) is 0 Å². The van der Waals surface area contributed by atoms with E-state index in [2.05, 4.69) is 5.32 Å². The Hall–Kier alpha value is -2.70. The molecule has 1 aliphatic heterocycles. The molecule has 126 valence electrons. The molecule has 1 unspecified atom stereocenters. The van der Waals surface area contributed by atoms with Gasteiger partial charge in [0.1, 0.15) is 18.1 Å². The van der Waals surface area contributed by atoms with Crippen LogP contribution in [0.4, 0.5) is 0 Å². The maximum Gasteiger partial charge on any atom is 0.329 e. The summed E-state index contributed by atoms with van der Waals surface area (Å²) in [5.41, 5.74) is 0.885. The first-order chi connectivity index (χ1) is 11.5. The van der Waals surface area contributed by atoms with E-state index in [1.54, 1.807) is 13.1 Å². The molecule has 1 atom stereocenters. The number of carbonyl (C=O) groups is 3. The predicted molar refractivity (Wildman–Crippen MR) is 87.8 cm³/mol. The molecule has 1 saturated heterocycles. The van der Waals surface area contributed by atoms with Gasteiger partial charge in [-0.3, -0.25) is 13.9 Å². The molecule has 0 radical (unpaired) electrons. The minimum absolute atomic E-state index is 0.104. The summed E-state index contributed by atoms with van der Waals surface area (Å²) in [6.07, 6.45) is 2.99. The normalized spacial score (nSPS) is 20.8. The third-order valence-electron chi connectivity index (χ3n) is 4.73. The average molecular weight is 329 g/mol. The first-order valence-electron chi connectivity index (χ1n) is 7.90. The number of nitrogens with zero attached hydrogens (tertiary/aromatic N) is 2. The Labute approximate surface area is 138 Å². The zero-order chi connectivity index (χ0) is 17.3. The lowest BCUT2D eigenvalue weighted by Gasteiger charge is -2.33. The van der Waals surface area contributed by atoms with Gasteiger partial charge in [0.15, 0.2) is 0 Å². The summed E-state index contributed by atoms with van der Waals surface area (Å²) in [5, 5.41) is 2.69. The number of benzene rings is 1. The standard InChI is InChI=1S/C17H19N3O4/c1-19-15-12(5-3-9-21)4-2-6-13(15)20(16(19)24)17(11-22)8-7-14(23)18-10-17/h2,4,6,9,11H,3,5,7-8,10H2,1H3,(H,18,23). The Morgan fingerprint density at radius 3 is 2.71 bits per heavy atom. The average Bonchev–Trinajstić information content (AvgIpc) is 2.86. The van der Waals surface area contributed by atoms with E-state index in [-0.39, 0.29) is 24.6 Å². The van der Waals surface area contributed by atoms with Gasteiger partial charge in [0, 0.05) is 26.4 Å². The molecule has 7 nitrogen and oxygen atoms in total. The van der Waals surface area contributed by atoms with E-state index in [1.807, 2.05) is 12.1 Å². The molecule has 0 saturated carbocycles. The van der Waals surface area contributed by atoms with Crippen LogP contribution in [0.1, 0.15) is 24.8 Å². The number of para-hydroxylation sites is 1. The van der Waals surface area contributed by atoms with E-state index >= 15 is 0 Å². The number of piperidine rings is 1. The topological polar surface area (TPSA) is 90.2 Å². The molecular formula is C17H19N3O4. The third-order valence-corrected chi connectivity index (χ3v) is 4.73. The fraction of sp³-hybridized carbons (Fsp3) is 0.412. The molecule has 0 spiro atoms. The van der Waals surface area contributed by atoms with Gasteiger partial charge in [-0.05, 0) is 24.5 Å². The lowest BCUT2D eigenvalue weighted by molar-refractivity contribution is -0.126. The van der Waals surface area contributed by atoms with E-state index in [0.717, 1.165) is 23.7 Å². The molecule has 1 aliphatic rings. The summed E-state index contributed by atoms with van der Waals surface area (Å²) >= 11 is 0. The first-order valence-corrected chi connectivity index (χ1v) is 7.90. The van der Waals surface area contributed by atoms with Crippen LogP contribution >= 0.6 is 0 Å². The quantitative estimate of drug-likeness (QED) is 0.798. The van der Waals surface area contributed by atoms with Gasteiger partial charge in [-0.1, -0.05) is 12.1 Å². The van der Waals surface area contributed by atoms with Gasteiger partial charge in [-0.25, -0.2) is 4.79 Å². The third kappa shape index (κ3) is 2.36. The summed E-state index contributed by atoms with van der Waals surface area (Å²) in [6, 6.07) is 5.49. The maximum absolute atomic E-state index is 12.8. The van der Waals surface area contributed by atoms with Crippen molar-refractivity contribution in [3.05, 3.63) is 34.2 Å². The van der Waals surface area contributed by atoms with Crippen molar-refractivity contribution in [2.45, 2.75) is 31.2 Å². The Kier molecular flexibility index (Phi) is 4.09. The highest BCUT2D eigenvalue weighted by Gasteiger charge is 2.39. The minimum Gasteiger partial charge on any atom is -0.353 e. The van der Waals surface area contributed by atoms with Crippen LogP contribution in [0.25, 0.3) is 11.0 Å². The number of rotatable bonds is 5. The Balaban J connectivity index is 2.23. The Morgan fingerprint density at radius 2 is 2.08 bits per heavy atom. The molecule has 1 aromatic carbocycles. The predicted octanol–water partition coefficient (Wildman–Crippen LogP) is 0.276. The second-order valence-corrected chi connectivity index (χ2v) is 6.17. The van der Waals surface area contributed by atoms with Crippen LogP contribution in [0.2, 0.25) is 0 Å². The number of fused-ring (bicyclic) bond motifs is 1. The fourth-order valence-corrected chi connectivity index (χ4v) is 3.44. The fourth-order valence-electron chi connectivity index (χ4n) is 3.44. The second kappa shape index (κ2) is 6.07. The van der Waals surface area contributed by atoms with Crippen molar-refractivity contribution < 1.29 is 14.4 Å². The molecule has 0 aliphatic carbocycles. The molecule has 0 bridgehead atoms. The van der Waals surface area contributed by atoms with E-state index in [9.17, 15) is 19.2 Å². The first kappa shape index (κ1) is 16.2. The number of carbonyl (C=O) groups excluding carboxylic acids is 3. The zero-order valence-corrected chi connectivity index (χ0v) is 13.4. The van der Waals surface area contributed by atoms with Gasteiger partial charge >= 0.3 is 5.69 Å². The number of nitrogens with one attached hydrogen (secondary N) is 1. The van der Waals surface area contributed by atoms with Gasteiger partial charge in [0.05, 0.1) is 11.0 Å². The molecule has 3 rings (SSSR count). The molecular weight excluding hydrogens is 310 g/mol. The summed E-state index contributed by atoms with van der Waals surface area (Å²) in [4.78, 5) is 46.9. The van der Waals surface area contributed by atoms with Crippen LogP contribution in [-0.4, -0.2) is 34.2 Å². The molecule has 1 fully saturated rings. The van der Waals surface area contributed by atoms with E-state index < -0.39 is 5.54 Å². The zero-order valence-electron chi connectivity index (χ0n) is 13.4. The smallest absolute Gasteiger partial charge is 0.329 e. The lowest BCUT2D eigenvalue weighted by Crippen LogP contribution is -2.54. The van der Waals surface area contributed by atoms with Crippen molar-refractivity contribution in [3.8, 4) is 0 Å². The van der Waals surface area contributed by atoms with Crippen molar-refractivity contribution in [3.63, 3.8) is 0 Å². The largest absolute Gasteiger partial charge is 0.353 e. The highest BCUT2D eigenvalue weighted by Crippen LogP contribution is 2.28. The lowest BCUT2D eigenvalue weighted by atomic mass is 9.90. The van der Waals surface area contributed by atoms with Crippen LogP contribution < -0.4 is 11.0 Å². The summed E-state index contributed by atoms with van der Waals surface area (Å²) in [5.74, 6) is -0.118. The molecule has 1 aromatic heterocycles. The number of hydrogen-bond acceptors (Lipinski definition) is 4. The van der Waals surface area contributed by atoms with Crippen LogP contribution in [-0.2, 0) is 33.4 Å². The summed E-state index contributed by atoms with van der Waals surface area (Å²) in [7, 11) is 1.66. The highest BCUT2D eigenvalue weighted by atomic mass is 16.2. The molecule has 24 heavy (non-hydrogen) atoms. The number of aryl methyl sites for hydroxylation is 2. The van der Waals surface area contributed by atoms with Gasteiger partial charge in [-0.15, -0.1) is 0 Å². The summed E-state index contributed by atoms with van der Waals surface area (Å²) < 4.78 is 3.00. The van der Waals surface area contributed by atoms with Crippen molar-refractivity contribution >= 4 is 29.5 Å². The van der Waals surface area contributed by atoms with Gasteiger partial charge in [-0.2, -0.15) is 0 Å². The molecule has 7 heteroatoms. The Morgan fingerprint density at radius 1 is 1.29 bits per heavy atom. The number of aldehydes is 2. The SMILES string of the molecule is Cn1c(=O)n(C2(C=O)CCC(=O)NC2)c2cccc(CCC=O)c21. The van der Waals surface area contributed by atoms with E-state index in [0.29, 0.717) is 24.8 Å². The van der Waals surface area contributed by atoms with Crippen molar-refractivity contribution in [2.24, 2.45) is 7.05 Å². The van der Waals surface area contributed by atoms with Crippen LogP contribution in [0.3, 0.4) is 0 Å². The molecule has 2 heterocycles. The van der Waals surface area contributed by atoms with Crippen LogP contribution in [0.15, 0.2) is 23.0 Å². The van der Waals surface area contributed by atoms with Crippen molar-refractivity contribution in [1.29, 1.82) is 0 Å². The maximum atomic E-state index is 12.8. The van der Waals surface area contributed by atoms with Crippen LogP contribution in [0.5, 0.6) is 0 Å². The number of amides is 1.